The first-order valence-electron chi connectivity index (χ1n) is 6.41. The molecule has 0 aliphatic heterocycles. The molecular formula is C13H20N2O4S2. The van der Waals surface area contributed by atoms with Gasteiger partial charge in [0.1, 0.15) is 0 Å². The van der Waals surface area contributed by atoms with Crippen molar-refractivity contribution in [3.8, 4) is 0 Å². The standard InChI is InChI=1S/C13H20N2O4S2/c1-4-10-5-6-11(21(14,18)19)7-12(10)13(16)15-9(2)8-20(3)17/h5-7,9H,4,8H2,1-3H3,(H,15,16)(H2,14,18,19). The maximum Gasteiger partial charge on any atom is 0.251 e. The number of carbonyl (C=O) groups excluding carboxylic acids is 1. The van der Waals surface area contributed by atoms with Crippen LogP contribution in [0.25, 0.3) is 0 Å². The van der Waals surface area contributed by atoms with Crippen molar-refractivity contribution in [2.75, 3.05) is 12.0 Å². The summed E-state index contributed by atoms with van der Waals surface area (Å²) in [4.78, 5) is 12.1. The lowest BCUT2D eigenvalue weighted by molar-refractivity contribution is 0.0942. The smallest absolute Gasteiger partial charge is 0.251 e. The molecule has 118 valence electrons. The molecule has 0 aliphatic rings. The first-order chi connectivity index (χ1) is 9.65. The molecule has 21 heavy (non-hydrogen) atoms. The van der Waals surface area contributed by atoms with Crippen LogP contribution in [0.2, 0.25) is 0 Å². The molecule has 0 heterocycles. The van der Waals surface area contributed by atoms with Crippen LogP contribution in [0.15, 0.2) is 23.1 Å². The molecule has 0 saturated heterocycles. The fourth-order valence-electron chi connectivity index (χ4n) is 1.95. The number of carbonyl (C=O) groups is 1. The number of benzene rings is 1. The molecule has 1 aromatic carbocycles. The summed E-state index contributed by atoms with van der Waals surface area (Å²) in [5.41, 5.74) is 1.00. The molecule has 2 atom stereocenters. The van der Waals surface area contributed by atoms with Gasteiger partial charge in [0.05, 0.1) is 4.90 Å². The van der Waals surface area contributed by atoms with Gasteiger partial charge >= 0.3 is 0 Å². The Morgan fingerprint density at radius 3 is 2.52 bits per heavy atom. The van der Waals surface area contributed by atoms with Crippen LogP contribution < -0.4 is 10.5 Å². The second kappa shape index (κ2) is 7.15. The average Bonchev–Trinajstić information content (AvgIpc) is 2.35. The van der Waals surface area contributed by atoms with Crippen LogP contribution >= 0.6 is 0 Å². The number of nitrogens with one attached hydrogen (secondary N) is 1. The van der Waals surface area contributed by atoms with Gasteiger partial charge < -0.3 is 5.32 Å². The van der Waals surface area contributed by atoms with E-state index in [-0.39, 0.29) is 16.5 Å². The highest BCUT2D eigenvalue weighted by Crippen LogP contribution is 2.16. The van der Waals surface area contributed by atoms with E-state index < -0.39 is 26.7 Å². The number of aryl methyl sites for hydroxylation is 1. The second-order valence-corrected chi connectivity index (χ2v) is 7.87. The Kier molecular flexibility index (Phi) is 6.06. The van der Waals surface area contributed by atoms with Gasteiger partial charge in [-0.3, -0.25) is 9.00 Å². The summed E-state index contributed by atoms with van der Waals surface area (Å²) in [6, 6.07) is 3.97. The van der Waals surface area contributed by atoms with Crippen molar-refractivity contribution in [2.24, 2.45) is 5.14 Å². The monoisotopic (exact) mass is 332 g/mol. The Labute approximate surface area is 127 Å². The van der Waals surface area contributed by atoms with Gasteiger partial charge in [0.25, 0.3) is 5.91 Å². The lowest BCUT2D eigenvalue weighted by atomic mass is 10.0. The Morgan fingerprint density at radius 2 is 2.05 bits per heavy atom. The molecule has 0 saturated carbocycles. The minimum atomic E-state index is -3.86. The minimum Gasteiger partial charge on any atom is -0.349 e. The predicted octanol–water partition coefficient (Wildman–Crippen LogP) is 0.393. The van der Waals surface area contributed by atoms with E-state index in [0.29, 0.717) is 12.2 Å². The summed E-state index contributed by atoms with van der Waals surface area (Å²) >= 11 is 0. The van der Waals surface area contributed by atoms with Crippen molar-refractivity contribution in [3.05, 3.63) is 29.3 Å². The number of hydrogen-bond donors (Lipinski definition) is 2. The maximum atomic E-state index is 12.2. The van der Waals surface area contributed by atoms with Crippen LogP contribution in [0.1, 0.15) is 29.8 Å². The number of amides is 1. The summed E-state index contributed by atoms with van der Waals surface area (Å²) < 4.78 is 33.9. The first-order valence-corrected chi connectivity index (χ1v) is 9.69. The zero-order valence-corrected chi connectivity index (χ0v) is 13.9. The Bertz CT molecular complexity index is 656. The van der Waals surface area contributed by atoms with Crippen molar-refractivity contribution in [3.63, 3.8) is 0 Å². The average molecular weight is 332 g/mol. The maximum absolute atomic E-state index is 12.2. The quantitative estimate of drug-likeness (QED) is 0.786. The molecule has 1 amide bonds. The molecule has 0 spiro atoms. The van der Waals surface area contributed by atoms with Gasteiger partial charge in [0, 0.05) is 34.4 Å². The molecule has 0 radical (unpaired) electrons. The van der Waals surface area contributed by atoms with E-state index in [4.69, 9.17) is 5.14 Å². The topological polar surface area (TPSA) is 106 Å². The van der Waals surface area contributed by atoms with Crippen LogP contribution in [-0.2, 0) is 27.2 Å². The zero-order valence-electron chi connectivity index (χ0n) is 12.3. The third-order valence-corrected chi connectivity index (χ3v) is 4.78. The van der Waals surface area contributed by atoms with Gasteiger partial charge in [-0.05, 0) is 31.0 Å². The lowest BCUT2D eigenvalue weighted by Gasteiger charge is -2.15. The molecule has 0 fully saturated rings. The highest BCUT2D eigenvalue weighted by molar-refractivity contribution is 7.89. The molecule has 0 aliphatic carbocycles. The molecule has 6 nitrogen and oxygen atoms in total. The minimum absolute atomic E-state index is 0.100. The SMILES string of the molecule is CCc1ccc(S(N)(=O)=O)cc1C(=O)NC(C)CS(C)=O. The van der Waals surface area contributed by atoms with Crippen molar-refractivity contribution >= 4 is 26.7 Å². The highest BCUT2D eigenvalue weighted by Gasteiger charge is 2.17. The molecule has 1 rings (SSSR count). The second-order valence-electron chi connectivity index (χ2n) is 4.83. The van der Waals surface area contributed by atoms with E-state index in [1.807, 2.05) is 6.92 Å². The Morgan fingerprint density at radius 1 is 1.43 bits per heavy atom. The zero-order chi connectivity index (χ0) is 16.2. The van der Waals surface area contributed by atoms with E-state index in [1.54, 1.807) is 19.2 Å². The summed E-state index contributed by atoms with van der Waals surface area (Å²) in [7, 11) is -4.88. The summed E-state index contributed by atoms with van der Waals surface area (Å²) in [6.45, 7) is 3.61. The molecule has 0 bridgehead atoms. The number of rotatable bonds is 6. The molecular weight excluding hydrogens is 312 g/mol. The van der Waals surface area contributed by atoms with Gasteiger partial charge in [0.2, 0.25) is 10.0 Å². The summed E-state index contributed by atoms with van der Waals surface area (Å²) in [6.07, 6.45) is 2.14. The molecule has 1 aromatic rings. The van der Waals surface area contributed by atoms with Crippen LogP contribution in [-0.4, -0.2) is 36.6 Å². The molecule has 0 aromatic heterocycles. The van der Waals surface area contributed by atoms with Gasteiger partial charge in [-0.2, -0.15) is 0 Å². The van der Waals surface area contributed by atoms with Crippen molar-refractivity contribution in [1.29, 1.82) is 0 Å². The van der Waals surface area contributed by atoms with Crippen molar-refractivity contribution < 1.29 is 17.4 Å². The number of hydrogen-bond acceptors (Lipinski definition) is 4. The largest absolute Gasteiger partial charge is 0.349 e. The third-order valence-electron chi connectivity index (χ3n) is 2.90. The van der Waals surface area contributed by atoms with Gasteiger partial charge in [-0.25, -0.2) is 13.6 Å². The van der Waals surface area contributed by atoms with E-state index in [0.717, 1.165) is 5.56 Å². The van der Waals surface area contributed by atoms with Gasteiger partial charge in [-0.15, -0.1) is 0 Å². The van der Waals surface area contributed by atoms with Gasteiger partial charge in [0.15, 0.2) is 0 Å². The number of primary sulfonamides is 1. The third kappa shape index (κ3) is 5.22. The molecule has 3 N–H and O–H groups in total. The van der Waals surface area contributed by atoms with E-state index >= 15 is 0 Å². The number of nitrogens with two attached hydrogens (primary N) is 1. The lowest BCUT2D eigenvalue weighted by Crippen LogP contribution is -2.36. The van der Waals surface area contributed by atoms with Crippen molar-refractivity contribution in [2.45, 2.75) is 31.2 Å². The van der Waals surface area contributed by atoms with Crippen LogP contribution in [0.3, 0.4) is 0 Å². The predicted molar refractivity (Wildman–Crippen MR) is 83.1 cm³/mol. The van der Waals surface area contributed by atoms with E-state index in [1.165, 1.54) is 12.1 Å². The number of sulfonamides is 1. The fraction of sp³-hybridized carbons (Fsp3) is 0.462. The molecule has 2 unspecified atom stereocenters. The van der Waals surface area contributed by atoms with E-state index in [9.17, 15) is 17.4 Å². The Hall–Kier alpha value is -1.25. The highest BCUT2D eigenvalue weighted by atomic mass is 32.2. The van der Waals surface area contributed by atoms with Crippen LogP contribution in [0.5, 0.6) is 0 Å². The van der Waals surface area contributed by atoms with E-state index in [2.05, 4.69) is 5.32 Å². The summed E-state index contributed by atoms with van der Waals surface area (Å²) in [5, 5.41) is 7.80. The first kappa shape index (κ1) is 17.8. The van der Waals surface area contributed by atoms with Crippen LogP contribution in [0.4, 0.5) is 0 Å². The van der Waals surface area contributed by atoms with Gasteiger partial charge in [-0.1, -0.05) is 13.0 Å². The van der Waals surface area contributed by atoms with Crippen LogP contribution in [0, 0.1) is 0 Å². The molecule has 8 heteroatoms. The Balaban J connectivity index is 3.09. The van der Waals surface area contributed by atoms with Crippen molar-refractivity contribution in [1.82, 2.24) is 5.32 Å². The summed E-state index contributed by atoms with van der Waals surface area (Å²) in [5.74, 6) is -0.0578. The normalized spacial score (nSPS) is 14.5. The fourth-order valence-corrected chi connectivity index (χ4v) is 3.27.